The molecule has 1 unspecified atom stereocenters. The quantitative estimate of drug-likeness (QED) is 0.725. The minimum absolute atomic E-state index is 0.303. The van der Waals surface area contributed by atoms with Gasteiger partial charge in [-0.1, -0.05) is 15.9 Å². The van der Waals surface area contributed by atoms with Crippen LogP contribution in [-0.2, 0) is 4.74 Å². The minimum Gasteiger partial charge on any atom is -0.389 e. The first-order valence-corrected chi connectivity index (χ1v) is 5.49. The van der Waals surface area contributed by atoms with Gasteiger partial charge in [-0.2, -0.15) is 0 Å². The van der Waals surface area contributed by atoms with Crippen molar-refractivity contribution in [2.24, 2.45) is 0 Å². The third-order valence-electron chi connectivity index (χ3n) is 1.94. The molecule has 0 aliphatic carbocycles. The first-order chi connectivity index (χ1) is 5.83. The summed E-state index contributed by atoms with van der Waals surface area (Å²) in [6.07, 6.45) is 0.829. The zero-order valence-corrected chi connectivity index (χ0v) is 8.79. The minimum atomic E-state index is -0.303. The van der Waals surface area contributed by atoms with Gasteiger partial charge in [0.2, 0.25) is 0 Å². The molecule has 1 rings (SSSR count). The van der Waals surface area contributed by atoms with Crippen LogP contribution < -0.4 is 0 Å². The topological polar surface area (TPSA) is 32.7 Å². The lowest BCUT2D eigenvalue weighted by atomic mass is 10.3. The molecule has 1 atom stereocenters. The highest BCUT2D eigenvalue weighted by Crippen LogP contribution is 2.01. The first-order valence-electron chi connectivity index (χ1n) is 4.37. The fourth-order valence-electron chi connectivity index (χ4n) is 1.34. The number of ether oxygens (including phenoxy) is 1. The Morgan fingerprint density at radius 1 is 1.58 bits per heavy atom. The predicted molar refractivity (Wildman–Crippen MR) is 51.7 cm³/mol. The number of rotatable bonds is 3. The summed E-state index contributed by atoms with van der Waals surface area (Å²) in [5.41, 5.74) is 0. The van der Waals surface area contributed by atoms with Gasteiger partial charge in [0, 0.05) is 18.4 Å². The number of alkyl halides is 1. The molecule has 0 amide bonds. The van der Waals surface area contributed by atoms with E-state index in [1.807, 2.05) is 0 Å². The van der Waals surface area contributed by atoms with Gasteiger partial charge in [-0.05, 0) is 13.0 Å². The van der Waals surface area contributed by atoms with Crippen LogP contribution in [-0.4, -0.2) is 54.3 Å². The highest BCUT2D eigenvalue weighted by Gasteiger charge is 2.15. The monoisotopic (exact) mass is 237 g/mol. The standard InChI is InChI=1S/C8H16BrNO2/c9-2-1-3-10-4-5-12-7-8(11)6-10/h8,11H,1-7H2. The largest absolute Gasteiger partial charge is 0.389 e. The number of hydrogen-bond donors (Lipinski definition) is 1. The van der Waals surface area contributed by atoms with Crippen LogP contribution in [0.25, 0.3) is 0 Å². The van der Waals surface area contributed by atoms with Crippen molar-refractivity contribution in [2.75, 3.05) is 38.2 Å². The molecule has 1 saturated heterocycles. The number of nitrogens with zero attached hydrogens (tertiary/aromatic N) is 1. The van der Waals surface area contributed by atoms with E-state index in [1.165, 1.54) is 0 Å². The van der Waals surface area contributed by atoms with E-state index in [2.05, 4.69) is 20.8 Å². The van der Waals surface area contributed by atoms with Crippen LogP contribution in [0, 0.1) is 0 Å². The van der Waals surface area contributed by atoms with Crippen molar-refractivity contribution in [1.29, 1.82) is 0 Å². The lowest BCUT2D eigenvalue weighted by Crippen LogP contribution is -2.33. The van der Waals surface area contributed by atoms with Crippen LogP contribution in [0.1, 0.15) is 6.42 Å². The molecule has 0 bridgehead atoms. The number of halogens is 1. The molecule has 3 nitrogen and oxygen atoms in total. The van der Waals surface area contributed by atoms with E-state index in [-0.39, 0.29) is 6.10 Å². The highest BCUT2D eigenvalue weighted by atomic mass is 79.9. The molecule has 4 heteroatoms. The molecule has 0 aromatic heterocycles. The molecular weight excluding hydrogens is 222 g/mol. The van der Waals surface area contributed by atoms with Gasteiger partial charge in [0.15, 0.2) is 0 Å². The number of β-amino-alcohol motifs (C(OH)–C–C–N with tert-alkyl or cyclic N) is 1. The van der Waals surface area contributed by atoms with Crippen LogP contribution >= 0.6 is 15.9 Å². The van der Waals surface area contributed by atoms with Crippen molar-refractivity contribution in [1.82, 2.24) is 4.90 Å². The van der Waals surface area contributed by atoms with Gasteiger partial charge in [0.25, 0.3) is 0 Å². The first kappa shape index (κ1) is 10.4. The average molecular weight is 238 g/mol. The third kappa shape index (κ3) is 3.85. The van der Waals surface area contributed by atoms with Gasteiger partial charge in [-0.3, -0.25) is 4.90 Å². The summed E-state index contributed by atoms with van der Waals surface area (Å²) in [4.78, 5) is 2.25. The Morgan fingerprint density at radius 2 is 2.42 bits per heavy atom. The zero-order chi connectivity index (χ0) is 8.81. The molecule has 0 spiro atoms. The van der Waals surface area contributed by atoms with Crippen molar-refractivity contribution in [2.45, 2.75) is 12.5 Å². The summed E-state index contributed by atoms with van der Waals surface area (Å²) in [5.74, 6) is 0. The second-order valence-electron chi connectivity index (χ2n) is 3.07. The summed E-state index contributed by atoms with van der Waals surface area (Å²) in [7, 11) is 0. The molecule has 12 heavy (non-hydrogen) atoms. The van der Waals surface area contributed by atoms with Crippen molar-refractivity contribution >= 4 is 15.9 Å². The van der Waals surface area contributed by atoms with Gasteiger partial charge < -0.3 is 9.84 Å². The molecule has 0 radical (unpaired) electrons. The van der Waals surface area contributed by atoms with E-state index < -0.39 is 0 Å². The van der Waals surface area contributed by atoms with Crippen LogP contribution in [0.4, 0.5) is 0 Å². The summed E-state index contributed by atoms with van der Waals surface area (Å²) in [5, 5.41) is 10.4. The molecular formula is C8H16BrNO2. The summed E-state index contributed by atoms with van der Waals surface area (Å²) in [6.45, 7) is 3.99. The van der Waals surface area contributed by atoms with Gasteiger partial charge in [-0.15, -0.1) is 0 Å². The molecule has 1 N–H and O–H groups in total. The Hall–Kier alpha value is 0.360. The molecule has 0 aromatic carbocycles. The highest BCUT2D eigenvalue weighted by molar-refractivity contribution is 9.09. The summed E-state index contributed by atoms with van der Waals surface area (Å²) < 4.78 is 5.21. The maximum atomic E-state index is 9.38. The Labute approximate surface area is 81.8 Å². The Bertz CT molecular complexity index is 124. The smallest absolute Gasteiger partial charge is 0.0900 e. The second-order valence-corrected chi connectivity index (χ2v) is 3.86. The lowest BCUT2D eigenvalue weighted by Gasteiger charge is -2.19. The molecule has 1 aliphatic rings. The maximum Gasteiger partial charge on any atom is 0.0900 e. The van der Waals surface area contributed by atoms with Crippen molar-refractivity contribution in [3.05, 3.63) is 0 Å². The van der Waals surface area contributed by atoms with E-state index in [1.54, 1.807) is 0 Å². The Morgan fingerprint density at radius 3 is 3.17 bits per heavy atom. The van der Waals surface area contributed by atoms with E-state index in [0.29, 0.717) is 6.61 Å². The Balaban J connectivity index is 2.21. The number of aliphatic hydroxyl groups is 1. The van der Waals surface area contributed by atoms with Gasteiger partial charge in [0.05, 0.1) is 19.3 Å². The second kappa shape index (κ2) is 5.91. The average Bonchev–Trinajstić information content (AvgIpc) is 2.26. The number of hydrogen-bond acceptors (Lipinski definition) is 3. The zero-order valence-electron chi connectivity index (χ0n) is 7.21. The molecule has 1 fully saturated rings. The van der Waals surface area contributed by atoms with Crippen molar-refractivity contribution in [3.63, 3.8) is 0 Å². The van der Waals surface area contributed by atoms with Gasteiger partial charge in [-0.25, -0.2) is 0 Å². The SMILES string of the molecule is OC1COCCN(CCCBr)C1. The molecule has 1 heterocycles. The van der Waals surface area contributed by atoms with Gasteiger partial charge >= 0.3 is 0 Å². The summed E-state index contributed by atoms with van der Waals surface area (Å²) in [6, 6.07) is 0. The fraction of sp³-hybridized carbons (Fsp3) is 1.00. The molecule has 0 aromatic rings. The number of aliphatic hydroxyl groups excluding tert-OH is 1. The van der Waals surface area contributed by atoms with E-state index in [4.69, 9.17) is 4.74 Å². The van der Waals surface area contributed by atoms with E-state index >= 15 is 0 Å². The van der Waals surface area contributed by atoms with Crippen LogP contribution in [0.3, 0.4) is 0 Å². The maximum absolute atomic E-state index is 9.38. The molecule has 72 valence electrons. The van der Waals surface area contributed by atoms with Crippen molar-refractivity contribution in [3.8, 4) is 0 Å². The van der Waals surface area contributed by atoms with Gasteiger partial charge in [0.1, 0.15) is 0 Å². The van der Waals surface area contributed by atoms with Crippen molar-refractivity contribution < 1.29 is 9.84 Å². The Kier molecular flexibility index (Phi) is 5.14. The predicted octanol–water partition coefficient (Wildman–Crippen LogP) is 0.464. The van der Waals surface area contributed by atoms with E-state index in [0.717, 1.165) is 38.0 Å². The van der Waals surface area contributed by atoms with Crippen LogP contribution in [0.5, 0.6) is 0 Å². The summed E-state index contributed by atoms with van der Waals surface area (Å²) >= 11 is 3.39. The lowest BCUT2D eigenvalue weighted by molar-refractivity contribution is 0.0565. The molecule has 0 saturated carbocycles. The van der Waals surface area contributed by atoms with E-state index in [9.17, 15) is 5.11 Å². The normalized spacial score (nSPS) is 27.0. The fourth-order valence-corrected chi connectivity index (χ4v) is 1.59. The van der Waals surface area contributed by atoms with Crippen LogP contribution in [0.2, 0.25) is 0 Å². The molecule has 1 aliphatic heterocycles. The van der Waals surface area contributed by atoms with Crippen LogP contribution in [0.15, 0.2) is 0 Å². The third-order valence-corrected chi connectivity index (χ3v) is 2.50.